The second-order valence-electron chi connectivity index (χ2n) is 3.48. The molecule has 0 radical (unpaired) electrons. The molecular formula is C11H14N2S. The zero-order valence-electron chi connectivity index (χ0n) is 8.45. The van der Waals surface area contributed by atoms with Crippen LogP contribution in [0.2, 0.25) is 0 Å². The van der Waals surface area contributed by atoms with Gasteiger partial charge in [-0.05, 0) is 37.0 Å². The highest BCUT2D eigenvalue weighted by Crippen LogP contribution is 2.27. The lowest BCUT2D eigenvalue weighted by Crippen LogP contribution is -2.12. The summed E-state index contributed by atoms with van der Waals surface area (Å²) < 4.78 is 4.39. The Morgan fingerprint density at radius 3 is 3.00 bits per heavy atom. The van der Waals surface area contributed by atoms with Crippen LogP contribution in [-0.2, 0) is 0 Å². The highest BCUT2D eigenvalue weighted by Gasteiger charge is 2.06. The number of nitrogens with zero attached hydrogens (tertiary/aromatic N) is 1. The van der Waals surface area contributed by atoms with Gasteiger partial charge < -0.3 is 5.32 Å². The van der Waals surface area contributed by atoms with Crippen molar-refractivity contribution in [3.8, 4) is 0 Å². The van der Waals surface area contributed by atoms with Crippen molar-refractivity contribution in [2.24, 2.45) is 0 Å². The van der Waals surface area contributed by atoms with Gasteiger partial charge in [0.25, 0.3) is 0 Å². The Morgan fingerprint density at radius 1 is 1.43 bits per heavy atom. The second-order valence-corrected chi connectivity index (χ2v) is 4.26. The molecular weight excluding hydrogens is 192 g/mol. The van der Waals surface area contributed by atoms with Gasteiger partial charge in [-0.1, -0.05) is 19.1 Å². The Bertz CT molecular complexity index is 422. The van der Waals surface area contributed by atoms with Crippen LogP contribution in [0, 0.1) is 0 Å². The third-order valence-corrected chi connectivity index (χ3v) is 3.18. The Balaban J connectivity index is 2.33. The fraction of sp³-hybridized carbons (Fsp3) is 0.364. The number of hydrogen-bond acceptors (Lipinski definition) is 3. The normalized spacial score (nSPS) is 13.0. The van der Waals surface area contributed by atoms with E-state index in [9.17, 15) is 0 Å². The molecule has 0 bridgehead atoms. The van der Waals surface area contributed by atoms with Gasteiger partial charge in [0.05, 0.1) is 5.52 Å². The van der Waals surface area contributed by atoms with Crippen LogP contribution in [0.15, 0.2) is 24.3 Å². The first-order valence-corrected chi connectivity index (χ1v) is 5.69. The van der Waals surface area contributed by atoms with E-state index < -0.39 is 0 Å². The summed E-state index contributed by atoms with van der Waals surface area (Å²) in [5, 5.41) is 5.89. The Kier molecular flexibility index (Phi) is 2.68. The molecule has 1 unspecified atom stereocenters. The van der Waals surface area contributed by atoms with E-state index in [-0.39, 0.29) is 0 Å². The molecule has 2 nitrogen and oxygen atoms in total. The van der Waals surface area contributed by atoms with Crippen molar-refractivity contribution in [3.63, 3.8) is 0 Å². The summed E-state index contributed by atoms with van der Waals surface area (Å²) in [6, 6.07) is 8.75. The van der Waals surface area contributed by atoms with Crippen LogP contribution in [0.25, 0.3) is 10.9 Å². The lowest BCUT2D eigenvalue weighted by molar-refractivity contribution is 0.767. The summed E-state index contributed by atoms with van der Waals surface area (Å²) in [5.41, 5.74) is 1.09. The van der Waals surface area contributed by atoms with Crippen LogP contribution in [0.3, 0.4) is 0 Å². The van der Waals surface area contributed by atoms with Crippen molar-refractivity contribution in [1.29, 1.82) is 0 Å². The predicted molar refractivity (Wildman–Crippen MR) is 63.0 cm³/mol. The first-order chi connectivity index (χ1) is 6.81. The maximum atomic E-state index is 4.39. The molecule has 1 aromatic heterocycles. The molecule has 1 heterocycles. The lowest BCUT2D eigenvalue weighted by Gasteiger charge is -2.10. The third kappa shape index (κ3) is 1.73. The van der Waals surface area contributed by atoms with Gasteiger partial charge in [-0.2, -0.15) is 4.37 Å². The van der Waals surface area contributed by atoms with Gasteiger partial charge >= 0.3 is 0 Å². The van der Waals surface area contributed by atoms with E-state index in [1.807, 2.05) is 12.1 Å². The summed E-state index contributed by atoms with van der Waals surface area (Å²) in [6.07, 6.45) is 1.13. The predicted octanol–water partition coefficient (Wildman–Crippen LogP) is 3.51. The van der Waals surface area contributed by atoms with Crippen LogP contribution in [0.5, 0.6) is 0 Å². The van der Waals surface area contributed by atoms with Gasteiger partial charge in [0.1, 0.15) is 5.00 Å². The number of nitrogens with one attached hydrogen (secondary N) is 1. The zero-order valence-corrected chi connectivity index (χ0v) is 9.27. The molecule has 0 spiro atoms. The maximum Gasteiger partial charge on any atom is 0.117 e. The van der Waals surface area contributed by atoms with E-state index in [0.29, 0.717) is 6.04 Å². The smallest absolute Gasteiger partial charge is 0.117 e. The van der Waals surface area contributed by atoms with Crippen LogP contribution in [0.4, 0.5) is 5.00 Å². The van der Waals surface area contributed by atoms with E-state index >= 15 is 0 Å². The van der Waals surface area contributed by atoms with Gasteiger partial charge in [0.15, 0.2) is 0 Å². The Morgan fingerprint density at radius 2 is 2.21 bits per heavy atom. The first kappa shape index (κ1) is 9.46. The first-order valence-electron chi connectivity index (χ1n) is 4.92. The van der Waals surface area contributed by atoms with Gasteiger partial charge in [-0.25, -0.2) is 0 Å². The summed E-state index contributed by atoms with van der Waals surface area (Å²) >= 11 is 1.55. The molecule has 2 aromatic rings. The summed E-state index contributed by atoms with van der Waals surface area (Å²) in [7, 11) is 0. The minimum Gasteiger partial charge on any atom is -0.373 e. The lowest BCUT2D eigenvalue weighted by atomic mass is 10.2. The van der Waals surface area contributed by atoms with Crippen molar-refractivity contribution in [2.45, 2.75) is 26.3 Å². The largest absolute Gasteiger partial charge is 0.373 e. The molecule has 0 fully saturated rings. The van der Waals surface area contributed by atoms with E-state index in [1.54, 1.807) is 11.5 Å². The third-order valence-electron chi connectivity index (χ3n) is 2.37. The molecule has 0 amide bonds. The fourth-order valence-corrected chi connectivity index (χ4v) is 2.19. The molecule has 1 N–H and O–H groups in total. The van der Waals surface area contributed by atoms with Crippen LogP contribution >= 0.6 is 11.5 Å². The van der Waals surface area contributed by atoms with Crippen molar-refractivity contribution < 1.29 is 0 Å². The van der Waals surface area contributed by atoms with Gasteiger partial charge in [-0.15, -0.1) is 0 Å². The van der Waals surface area contributed by atoms with Gasteiger partial charge in [0.2, 0.25) is 0 Å². The molecule has 0 aliphatic heterocycles. The average molecular weight is 206 g/mol. The molecule has 74 valence electrons. The molecule has 0 aliphatic carbocycles. The highest BCUT2D eigenvalue weighted by molar-refractivity contribution is 7.11. The number of hydrogen-bond donors (Lipinski definition) is 1. The van der Waals surface area contributed by atoms with Crippen LogP contribution in [-0.4, -0.2) is 10.4 Å². The number of anilines is 1. The fourth-order valence-electron chi connectivity index (χ4n) is 1.32. The molecule has 1 aromatic carbocycles. The van der Waals surface area contributed by atoms with Crippen LogP contribution < -0.4 is 5.32 Å². The van der Waals surface area contributed by atoms with Crippen molar-refractivity contribution in [1.82, 2.24) is 4.37 Å². The van der Waals surface area contributed by atoms with E-state index in [2.05, 4.69) is 35.7 Å². The van der Waals surface area contributed by atoms with Crippen LogP contribution in [0.1, 0.15) is 20.3 Å². The Labute approximate surface area is 88.1 Å². The maximum absolute atomic E-state index is 4.39. The highest BCUT2D eigenvalue weighted by atomic mass is 32.1. The molecule has 14 heavy (non-hydrogen) atoms. The molecule has 0 saturated heterocycles. The second kappa shape index (κ2) is 3.96. The standard InChI is InChI=1S/C11H14N2S/c1-3-8(2)12-11-9-6-4-5-7-10(9)13-14-11/h4-8,12H,3H2,1-2H3. The molecule has 0 aliphatic rings. The average Bonchev–Trinajstić information content (AvgIpc) is 2.62. The Hall–Kier alpha value is -1.09. The number of rotatable bonds is 3. The minimum atomic E-state index is 0.513. The van der Waals surface area contributed by atoms with Gasteiger partial charge in [-0.3, -0.25) is 0 Å². The van der Waals surface area contributed by atoms with E-state index in [0.717, 1.165) is 11.9 Å². The van der Waals surface area contributed by atoms with Crippen molar-refractivity contribution in [2.75, 3.05) is 5.32 Å². The topological polar surface area (TPSA) is 24.9 Å². The number of aromatic nitrogens is 1. The monoisotopic (exact) mass is 206 g/mol. The van der Waals surface area contributed by atoms with E-state index in [1.165, 1.54) is 10.4 Å². The summed E-state index contributed by atoms with van der Waals surface area (Å²) in [6.45, 7) is 4.37. The quantitative estimate of drug-likeness (QED) is 0.831. The molecule has 1 atom stereocenters. The van der Waals surface area contributed by atoms with Crippen molar-refractivity contribution in [3.05, 3.63) is 24.3 Å². The molecule has 3 heteroatoms. The SMILES string of the molecule is CCC(C)Nc1snc2ccccc12. The van der Waals surface area contributed by atoms with Crippen molar-refractivity contribution >= 4 is 27.4 Å². The zero-order chi connectivity index (χ0) is 9.97. The van der Waals surface area contributed by atoms with E-state index in [4.69, 9.17) is 0 Å². The van der Waals surface area contributed by atoms with Gasteiger partial charge in [0, 0.05) is 11.4 Å². The number of fused-ring (bicyclic) bond motifs is 1. The summed E-state index contributed by atoms with van der Waals surface area (Å²) in [5.74, 6) is 0. The molecule has 0 saturated carbocycles. The summed E-state index contributed by atoms with van der Waals surface area (Å²) in [4.78, 5) is 0. The number of benzene rings is 1. The molecule has 2 rings (SSSR count). The minimum absolute atomic E-state index is 0.513.